The molecule has 2 N–H and O–H groups in total. The van der Waals surface area contributed by atoms with Gasteiger partial charge in [0, 0.05) is 25.2 Å². The Morgan fingerprint density at radius 3 is 2.82 bits per heavy atom. The Bertz CT molecular complexity index is 937. The van der Waals surface area contributed by atoms with Crippen LogP contribution in [0, 0.1) is 0 Å². The Hall–Kier alpha value is -2.78. The molecule has 0 amide bonds. The second kappa shape index (κ2) is 8.49. The molecule has 148 valence electrons. The Balaban J connectivity index is 1.76. The summed E-state index contributed by atoms with van der Waals surface area (Å²) in [4.78, 5) is 11.7. The van der Waals surface area contributed by atoms with Crippen LogP contribution in [0.15, 0.2) is 24.3 Å². The highest BCUT2D eigenvalue weighted by Gasteiger charge is 2.22. The molecule has 4 rings (SSSR count). The highest BCUT2D eigenvalue weighted by molar-refractivity contribution is 5.85. The van der Waals surface area contributed by atoms with Crippen molar-refractivity contribution in [2.75, 3.05) is 44.8 Å². The van der Waals surface area contributed by atoms with Crippen molar-refractivity contribution in [1.82, 2.24) is 30.3 Å². The van der Waals surface area contributed by atoms with Crippen LogP contribution < -0.4 is 10.2 Å². The standard InChI is InChI=1S/C19H25N7O2/c1-20-7-2-3-8-26-19-16(23-24-26)18(25-9-11-28-12-10-25)21-17(22-19)14-5-4-6-15(27)13-14/h4-6,13,20,27H,2-3,7-12H2,1H3. The number of nitrogens with one attached hydrogen (secondary N) is 1. The van der Waals surface area contributed by atoms with Crippen molar-refractivity contribution in [1.29, 1.82) is 0 Å². The van der Waals surface area contributed by atoms with Gasteiger partial charge in [0.25, 0.3) is 0 Å². The number of benzene rings is 1. The van der Waals surface area contributed by atoms with Crippen molar-refractivity contribution < 1.29 is 9.84 Å². The Morgan fingerprint density at radius 2 is 2.04 bits per heavy atom. The minimum absolute atomic E-state index is 0.188. The fraction of sp³-hybridized carbons (Fsp3) is 0.474. The van der Waals surface area contributed by atoms with Gasteiger partial charge in [-0.2, -0.15) is 0 Å². The van der Waals surface area contributed by atoms with Crippen molar-refractivity contribution in [3.05, 3.63) is 24.3 Å². The van der Waals surface area contributed by atoms with Gasteiger partial charge in [-0.05, 0) is 38.6 Å². The van der Waals surface area contributed by atoms with E-state index in [1.807, 2.05) is 17.8 Å². The number of hydrogen-bond acceptors (Lipinski definition) is 8. The highest BCUT2D eigenvalue weighted by Crippen LogP contribution is 2.28. The van der Waals surface area contributed by atoms with Crippen LogP contribution in [0.1, 0.15) is 12.8 Å². The van der Waals surface area contributed by atoms with E-state index in [9.17, 15) is 5.11 Å². The molecule has 3 aromatic rings. The van der Waals surface area contributed by atoms with Gasteiger partial charge < -0.3 is 20.1 Å². The molecule has 2 aromatic heterocycles. The number of unbranched alkanes of at least 4 members (excludes halogenated alkanes) is 1. The zero-order valence-corrected chi connectivity index (χ0v) is 16.0. The van der Waals surface area contributed by atoms with Gasteiger partial charge in [-0.3, -0.25) is 0 Å². The molecule has 9 heteroatoms. The molecule has 0 spiro atoms. The van der Waals surface area contributed by atoms with Gasteiger partial charge in [-0.15, -0.1) is 5.10 Å². The molecule has 9 nitrogen and oxygen atoms in total. The van der Waals surface area contributed by atoms with Gasteiger partial charge in [0.2, 0.25) is 0 Å². The van der Waals surface area contributed by atoms with E-state index in [0.29, 0.717) is 24.6 Å². The fourth-order valence-electron chi connectivity index (χ4n) is 3.33. The number of aromatic nitrogens is 5. The lowest BCUT2D eigenvalue weighted by Gasteiger charge is -2.28. The quantitative estimate of drug-likeness (QED) is 0.591. The maximum absolute atomic E-state index is 9.87. The van der Waals surface area contributed by atoms with Crippen LogP contribution in [0.3, 0.4) is 0 Å². The lowest BCUT2D eigenvalue weighted by atomic mass is 10.2. The van der Waals surface area contributed by atoms with Crippen molar-refractivity contribution in [3.8, 4) is 17.1 Å². The van der Waals surface area contributed by atoms with Crippen LogP contribution in [0.5, 0.6) is 5.75 Å². The smallest absolute Gasteiger partial charge is 0.184 e. The molecule has 0 bridgehead atoms. The molecule has 1 fully saturated rings. The first-order valence-electron chi connectivity index (χ1n) is 9.64. The summed E-state index contributed by atoms with van der Waals surface area (Å²) in [6.07, 6.45) is 2.04. The maximum Gasteiger partial charge on any atom is 0.184 e. The van der Waals surface area contributed by atoms with Gasteiger partial charge in [-0.25, -0.2) is 14.6 Å². The number of rotatable bonds is 7. The van der Waals surface area contributed by atoms with Crippen LogP contribution in [0.4, 0.5) is 5.82 Å². The largest absolute Gasteiger partial charge is 0.508 e. The number of ether oxygens (including phenoxy) is 1. The summed E-state index contributed by atoms with van der Waals surface area (Å²) < 4.78 is 7.33. The van der Waals surface area contributed by atoms with E-state index >= 15 is 0 Å². The first-order valence-corrected chi connectivity index (χ1v) is 9.64. The van der Waals surface area contributed by atoms with E-state index in [-0.39, 0.29) is 5.75 Å². The van der Waals surface area contributed by atoms with Gasteiger partial charge in [0.15, 0.2) is 22.8 Å². The molecular weight excluding hydrogens is 358 g/mol. The SMILES string of the molecule is CNCCCCn1nnc2c(N3CCOCC3)nc(-c3cccc(O)c3)nc21. The molecule has 1 saturated heterocycles. The molecule has 3 heterocycles. The zero-order chi connectivity index (χ0) is 19.3. The van der Waals surface area contributed by atoms with E-state index in [2.05, 4.69) is 20.5 Å². The van der Waals surface area contributed by atoms with E-state index in [4.69, 9.17) is 14.7 Å². The maximum atomic E-state index is 9.87. The first kappa shape index (κ1) is 18.6. The number of fused-ring (bicyclic) bond motifs is 1. The van der Waals surface area contributed by atoms with Crippen LogP contribution >= 0.6 is 0 Å². The number of phenolic OH excluding ortho intramolecular Hbond substituents is 1. The van der Waals surface area contributed by atoms with Crippen molar-refractivity contribution in [2.45, 2.75) is 19.4 Å². The molecule has 0 aliphatic carbocycles. The topological polar surface area (TPSA) is 101 Å². The lowest BCUT2D eigenvalue weighted by Crippen LogP contribution is -2.37. The Labute approximate surface area is 163 Å². The van der Waals surface area contributed by atoms with Crippen LogP contribution in [0.2, 0.25) is 0 Å². The molecule has 0 saturated carbocycles. The van der Waals surface area contributed by atoms with Crippen molar-refractivity contribution in [2.24, 2.45) is 0 Å². The third-order valence-electron chi connectivity index (χ3n) is 4.81. The van der Waals surface area contributed by atoms with Crippen molar-refractivity contribution >= 4 is 17.0 Å². The molecule has 1 aliphatic rings. The average Bonchev–Trinajstić information content (AvgIpc) is 3.14. The minimum atomic E-state index is 0.188. The monoisotopic (exact) mass is 383 g/mol. The highest BCUT2D eigenvalue weighted by atomic mass is 16.5. The third kappa shape index (κ3) is 3.90. The molecular formula is C19H25N7O2. The second-order valence-corrected chi connectivity index (χ2v) is 6.82. The van der Waals surface area contributed by atoms with Crippen LogP contribution in [-0.2, 0) is 11.3 Å². The number of aromatic hydroxyl groups is 1. The van der Waals surface area contributed by atoms with Gasteiger partial charge in [-0.1, -0.05) is 17.3 Å². The summed E-state index contributed by atoms with van der Waals surface area (Å²) >= 11 is 0. The predicted molar refractivity (Wildman–Crippen MR) is 106 cm³/mol. The summed E-state index contributed by atoms with van der Waals surface area (Å²) in [6, 6.07) is 6.99. The molecule has 0 radical (unpaired) electrons. The average molecular weight is 383 g/mol. The number of aryl methyl sites for hydroxylation is 1. The van der Waals surface area contributed by atoms with E-state index in [1.54, 1.807) is 18.2 Å². The third-order valence-corrected chi connectivity index (χ3v) is 4.81. The number of morpholine rings is 1. The number of nitrogens with zero attached hydrogens (tertiary/aromatic N) is 6. The second-order valence-electron chi connectivity index (χ2n) is 6.82. The molecule has 1 aliphatic heterocycles. The summed E-state index contributed by atoms with van der Waals surface area (Å²) in [7, 11) is 1.95. The summed E-state index contributed by atoms with van der Waals surface area (Å²) in [5.41, 5.74) is 2.19. The van der Waals surface area contributed by atoms with Gasteiger partial charge in [0.1, 0.15) is 5.75 Å². The normalized spacial score (nSPS) is 14.7. The lowest BCUT2D eigenvalue weighted by molar-refractivity contribution is 0.122. The number of phenols is 1. The zero-order valence-electron chi connectivity index (χ0n) is 16.0. The molecule has 0 unspecified atom stereocenters. The van der Waals surface area contributed by atoms with Crippen LogP contribution in [-0.4, -0.2) is 70.0 Å². The van der Waals surface area contributed by atoms with E-state index in [0.717, 1.165) is 56.0 Å². The Kier molecular flexibility index (Phi) is 5.63. The summed E-state index contributed by atoms with van der Waals surface area (Å²) in [6.45, 7) is 4.53. The molecule has 1 aromatic carbocycles. The van der Waals surface area contributed by atoms with Crippen molar-refractivity contribution in [3.63, 3.8) is 0 Å². The predicted octanol–water partition coefficient (Wildman–Crippen LogP) is 1.43. The Morgan fingerprint density at radius 1 is 1.18 bits per heavy atom. The summed E-state index contributed by atoms with van der Waals surface area (Å²) in [5, 5.41) is 21.8. The summed E-state index contributed by atoms with van der Waals surface area (Å²) in [5.74, 6) is 1.52. The number of anilines is 1. The fourth-order valence-corrected chi connectivity index (χ4v) is 3.33. The van der Waals surface area contributed by atoms with Gasteiger partial charge >= 0.3 is 0 Å². The van der Waals surface area contributed by atoms with E-state index in [1.165, 1.54) is 0 Å². The number of hydrogen-bond donors (Lipinski definition) is 2. The minimum Gasteiger partial charge on any atom is -0.508 e. The first-order chi connectivity index (χ1) is 13.8. The van der Waals surface area contributed by atoms with E-state index < -0.39 is 0 Å². The molecule has 28 heavy (non-hydrogen) atoms. The molecule has 0 atom stereocenters. The van der Waals surface area contributed by atoms with Crippen LogP contribution in [0.25, 0.3) is 22.6 Å². The van der Waals surface area contributed by atoms with Gasteiger partial charge in [0.05, 0.1) is 13.2 Å².